The zero-order valence-electron chi connectivity index (χ0n) is 17.4. The Morgan fingerprint density at radius 3 is 1.97 bits per heavy atom. The topological polar surface area (TPSA) is 31.4 Å². The third-order valence-electron chi connectivity index (χ3n) is 5.09. The van der Waals surface area contributed by atoms with Gasteiger partial charge in [0.1, 0.15) is 16.5 Å². The van der Waals surface area contributed by atoms with E-state index in [1.807, 2.05) is 30.3 Å². The van der Waals surface area contributed by atoms with Gasteiger partial charge in [0.15, 0.2) is 0 Å². The van der Waals surface area contributed by atoms with Crippen molar-refractivity contribution in [3.05, 3.63) is 66.2 Å². The van der Waals surface area contributed by atoms with Crippen LogP contribution in [0, 0.1) is 0 Å². The van der Waals surface area contributed by atoms with Crippen LogP contribution in [0.5, 0.6) is 11.5 Å². The first kappa shape index (κ1) is 19.5. The second-order valence-electron chi connectivity index (χ2n) is 8.07. The lowest BCUT2D eigenvalue weighted by Gasteiger charge is -2.20. The van der Waals surface area contributed by atoms with Gasteiger partial charge < -0.3 is 9.47 Å². The molecule has 3 aromatic carbocycles. The van der Waals surface area contributed by atoms with Crippen LogP contribution >= 0.6 is 11.3 Å². The van der Waals surface area contributed by atoms with Crippen molar-refractivity contribution in [3.63, 3.8) is 0 Å². The Kier molecular flexibility index (Phi) is 5.05. The first-order valence-electron chi connectivity index (χ1n) is 9.63. The molecule has 0 aliphatic heterocycles. The van der Waals surface area contributed by atoms with Crippen LogP contribution in [0.3, 0.4) is 0 Å². The molecule has 0 fully saturated rings. The van der Waals surface area contributed by atoms with E-state index in [0.29, 0.717) is 0 Å². The Labute approximate surface area is 176 Å². The summed E-state index contributed by atoms with van der Waals surface area (Å²) >= 11 is 1.67. The second-order valence-corrected chi connectivity index (χ2v) is 9.10. The molecule has 4 aromatic rings. The second kappa shape index (κ2) is 7.53. The lowest BCUT2D eigenvalue weighted by atomic mass is 9.86. The number of fused-ring (bicyclic) bond motifs is 1. The fourth-order valence-electron chi connectivity index (χ4n) is 3.45. The van der Waals surface area contributed by atoms with Crippen molar-refractivity contribution < 1.29 is 9.47 Å². The Morgan fingerprint density at radius 2 is 1.41 bits per heavy atom. The molecule has 0 aliphatic rings. The fraction of sp³-hybridized carbons (Fsp3) is 0.240. The van der Waals surface area contributed by atoms with E-state index in [9.17, 15) is 0 Å². The molecule has 0 saturated carbocycles. The van der Waals surface area contributed by atoms with Crippen molar-refractivity contribution in [2.75, 3.05) is 14.2 Å². The highest BCUT2D eigenvalue weighted by molar-refractivity contribution is 7.21. The van der Waals surface area contributed by atoms with Crippen molar-refractivity contribution in [1.82, 2.24) is 4.98 Å². The van der Waals surface area contributed by atoms with Crippen LogP contribution in [0.25, 0.3) is 31.9 Å². The molecule has 3 nitrogen and oxygen atoms in total. The maximum absolute atomic E-state index is 5.77. The van der Waals surface area contributed by atoms with Crippen molar-refractivity contribution in [1.29, 1.82) is 0 Å². The van der Waals surface area contributed by atoms with Gasteiger partial charge in [-0.25, -0.2) is 4.98 Å². The molecule has 0 amide bonds. The molecular formula is C25H25NO2S. The minimum absolute atomic E-state index is 0.114. The van der Waals surface area contributed by atoms with Crippen LogP contribution in [0.1, 0.15) is 26.3 Å². The summed E-state index contributed by atoms with van der Waals surface area (Å²) < 4.78 is 12.7. The molecule has 0 radical (unpaired) electrons. The zero-order valence-corrected chi connectivity index (χ0v) is 18.3. The van der Waals surface area contributed by atoms with Crippen molar-refractivity contribution >= 4 is 21.6 Å². The molecule has 4 heteroatoms. The molecule has 0 saturated heterocycles. The minimum atomic E-state index is 0.114. The molecule has 1 heterocycles. The number of aromatic nitrogens is 1. The summed E-state index contributed by atoms with van der Waals surface area (Å²) in [4.78, 5) is 4.78. The number of nitrogens with zero attached hydrogens (tertiary/aromatic N) is 1. The molecule has 29 heavy (non-hydrogen) atoms. The quantitative estimate of drug-likeness (QED) is 0.370. The first-order valence-corrected chi connectivity index (χ1v) is 10.5. The largest absolute Gasteiger partial charge is 0.496 e. The highest BCUT2D eigenvalue weighted by Crippen LogP contribution is 2.43. The van der Waals surface area contributed by atoms with Gasteiger partial charge in [-0.15, -0.1) is 11.3 Å². The van der Waals surface area contributed by atoms with Crippen molar-refractivity contribution in [2.45, 2.75) is 26.2 Å². The minimum Gasteiger partial charge on any atom is -0.496 e. The Balaban J connectivity index is 1.83. The van der Waals surface area contributed by atoms with Crippen molar-refractivity contribution in [3.8, 4) is 33.2 Å². The van der Waals surface area contributed by atoms with Crippen LogP contribution in [0.2, 0.25) is 0 Å². The SMILES string of the molecule is COc1cc(-c2nc3ccccc3s2)cc(OC)c1-c1ccc(C(C)(C)C)cc1. The normalized spacial score (nSPS) is 11.6. The van der Waals surface area contributed by atoms with Gasteiger partial charge in [0.05, 0.1) is 30.0 Å². The van der Waals surface area contributed by atoms with Crippen LogP contribution in [-0.2, 0) is 5.41 Å². The van der Waals surface area contributed by atoms with E-state index in [0.717, 1.165) is 38.7 Å². The standard InChI is InChI=1S/C25H25NO2S/c1-25(2,3)18-12-10-16(11-13-18)23-20(27-4)14-17(15-21(23)28-5)24-26-19-8-6-7-9-22(19)29-24/h6-15H,1-5H3. The lowest BCUT2D eigenvalue weighted by Crippen LogP contribution is -2.10. The number of methoxy groups -OCH3 is 2. The smallest absolute Gasteiger partial charge is 0.131 e. The third-order valence-corrected chi connectivity index (χ3v) is 6.17. The molecule has 1 aromatic heterocycles. The number of rotatable bonds is 4. The fourth-order valence-corrected chi connectivity index (χ4v) is 4.41. The lowest BCUT2D eigenvalue weighted by molar-refractivity contribution is 0.397. The molecule has 0 N–H and O–H groups in total. The summed E-state index contributed by atoms with van der Waals surface area (Å²) in [7, 11) is 3.40. The number of hydrogen-bond donors (Lipinski definition) is 0. The summed E-state index contributed by atoms with van der Waals surface area (Å²) in [6, 6.07) is 20.9. The maximum Gasteiger partial charge on any atom is 0.131 e. The monoisotopic (exact) mass is 403 g/mol. The maximum atomic E-state index is 5.77. The average Bonchev–Trinajstić information content (AvgIpc) is 3.16. The summed E-state index contributed by atoms with van der Waals surface area (Å²) in [5, 5.41) is 0.956. The molecule has 4 rings (SSSR count). The van der Waals surface area contributed by atoms with Crippen LogP contribution < -0.4 is 9.47 Å². The molecule has 0 aliphatic carbocycles. The Hall–Kier alpha value is -2.85. The first-order chi connectivity index (χ1) is 13.9. The summed E-state index contributed by atoms with van der Waals surface area (Å²) in [5.41, 5.74) is 5.44. The molecule has 0 unspecified atom stereocenters. The predicted molar refractivity (Wildman–Crippen MR) is 122 cm³/mol. The molecule has 0 bridgehead atoms. The molecule has 148 valence electrons. The van der Waals surface area contributed by atoms with Gasteiger partial charge >= 0.3 is 0 Å². The number of thiazole rings is 1. The average molecular weight is 404 g/mol. The van der Waals surface area contributed by atoms with Crippen LogP contribution in [0.15, 0.2) is 60.7 Å². The van der Waals surface area contributed by atoms with Gasteiger partial charge in [0, 0.05) is 5.56 Å². The van der Waals surface area contributed by atoms with E-state index in [2.05, 4.69) is 51.1 Å². The third kappa shape index (κ3) is 3.73. The van der Waals surface area contributed by atoms with E-state index in [4.69, 9.17) is 14.5 Å². The van der Waals surface area contributed by atoms with Gasteiger partial charge in [-0.05, 0) is 40.8 Å². The molecule has 0 atom stereocenters. The highest BCUT2D eigenvalue weighted by Gasteiger charge is 2.19. The summed E-state index contributed by atoms with van der Waals surface area (Å²) in [6.45, 7) is 6.65. The van der Waals surface area contributed by atoms with Crippen LogP contribution in [-0.4, -0.2) is 19.2 Å². The predicted octanol–water partition coefficient (Wildman–Crippen LogP) is 6.95. The number of hydrogen-bond acceptors (Lipinski definition) is 4. The van der Waals surface area contributed by atoms with Gasteiger partial charge in [-0.2, -0.15) is 0 Å². The number of ether oxygens (including phenoxy) is 2. The highest BCUT2D eigenvalue weighted by atomic mass is 32.1. The zero-order chi connectivity index (χ0) is 20.6. The van der Waals surface area contributed by atoms with Crippen molar-refractivity contribution in [2.24, 2.45) is 0 Å². The van der Waals surface area contributed by atoms with E-state index in [1.165, 1.54) is 10.3 Å². The number of benzene rings is 3. The number of para-hydroxylation sites is 1. The van der Waals surface area contributed by atoms with E-state index >= 15 is 0 Å². The Bertz CT molecular complexity index is 1100. The van der Waals surface area contributed by atoms with Crippen LogP contribution in [0.4, 0.5) is 0 Å². The Morgan fingerprint density at radius 1 is 0.793 bits per heavy atom. The van der Waals surface area contributed by atoms with Gasteiger partial charge in [-0.3, -0.25) is 0 Å². The summed E-state index contributed by atoms with van der Waals surface area (Å²) in [5.74, 6) is 1.56. The van der Waals surface area contributed by atoms with Gasteiger partial charge in [0.25, 0.3) is 0 Å². The summed E-state index contributed by atoms with van der Waals surface area (Å²) in [6.07, 6.45) is 0. The molecular weight excluding hydrogens is 378 g/mol. The molecule has 0 spiro atoms. The van der Waals surface area contributed by atoms with Gasteiger partial charge in [-0.1, -0.05) is 57.2 Å². The van der Waals surface area contributed by atoms with E-state index < -0.39 is 0 Å². The van der Waals surface area contributed by atoms with E-state index in [1.54, 1.807) is 25.6 Å². The van der Waals surface area contributed by atoms with E-state index in [-0.39, 0.29) is 5.41 Å². The van der Waals surface area contributed by atoms with Gasteiger partial charge in [0.2, 0.25) is 0 Å².